The number of aliphatic hydroxyl groups excluding tert-OH is 6. The summed E-state index contributed by atoms with van der Waals surface area (Å²) in [5.74, 6) is -0.190. The molecule has 42 heavy (non-hydrogen) atoms. The average molecular weight is 595 g/mol. The second-order valence-electron chi connectivity index (χ2n) is 10.5. The SMILES string of the molecule is COc1ccc([C@H]2CC(=O)c3c(O)cc(O[C@H]4O[C@@H](CO[C@H]5O[C@H](C)[C@@H](O)[C@H](O)[C@@H]5O)[C@H](O)[C@@H](O)[C@@H]4O)cc3O2)cc1. The number of phenols is 1. The minimum atomic E-state index is -1.75. The Labute approximate surface area is 240 Å². The molecule has 0 unspecified atom stereocenters. The van der Waals surface area contributed by atoms with Crippen molar-refractivity contribution in [1.29, 1.82) is 0 Å². The number of ketones is 1. The Morgan fingerprint density at radius 1 is 0.833 bits per heavy atom. The van der Waals surface area contributed by atoms with E-state index in [0.29, 0.717) is 11.3 Å². The molecule has 0 aromatic heterocycles. The van der Waals surface area contributed by atoms with E-state index in [-0.39, 0.29) is 29.3 Å². The zero-order chi connectivity index (χ0) is 30.3. The topological polar surface area (TPSA) is 214 Å². The number of Topliss-reactive ketones (excluding diaryl/α,β-unsaturated/α-hetero) is 1. The first kappa shape index (κ1) is 30.4. The number of carbonyl (C=O) groups is 1. The quantitative estimate of drug-likeness (QED) is 0.208. The molecule has 0 saturated carbocycles. The van der Waals surface area contributed by atoms with Gasteiger partial charge in [-0.25, -0.2) is 0 Å². The minimum absolute atomic E-state index is 0.0164. The van der Waals surface area contributed by atoms with Crippen LogP contribution in [-0.2, 0) is 14.2 Å². The molecule has 0 radical (unpaired) electrons. The predicted molar refractivity (Wildman–Crippen MR) is 139 cm³/mol. The number of methoxy groups -OCH3 is 1. The summed E-state index contributed by atoms with van der Waals surface area (Å²) in [6.07, 6.45) is -15.4. The van der Waals surface area contributed by atoms with Gasteiger partial charge in [0.25, 0.3) is 0 Å². The summed E-state index contributed by atoms with van der Waals surface area (Å²) in [7, 11) is 1.53. The third-order valence-corrected chi connectivity index (χ3v) is 7.62. The van der Waals surface area contributed by atoms with Crippen molar-refractivity contribution >= 4 is 5.78 Å². The summed E-state index contributed by atoms with van der Waals surface area (Å²) >= 11 is 0. The summed E-state index contributed by atoms with van der Waals surface area (Å²) in [6.45, 7) is 0.995. The second kappa shape index (κ2) is 12.3. The van der Waals surface area contributed by atoms with Crippen LogP contribution < -0.4 is 14.2 Å². The van der Waals surface area contributed by atoms with Crippen LogP contribution in [0.1, 0.15) is 35.4 Å². The van der Waals surface area contributed by atoms with Crippen molar-refractivity contribution in [2.75, 3.05) is 13.7 Å². The number of benzene rings is 2. The molecule has 2 aromatic rings. The standard InChI is InChI=1S/C28H34O14/c1-11-21(31)23(33)25(35)27(39-11)38-10-19-22(32)24(34)26(36)28(42-19)40-14-7-15(29)20-16(30)9-17(41-18(20)8-14)12-3-5-13(37-2)6-4-12/h3-8,11,17,19,21-29,31-36H,9-10H2,1-2H3/t11-,17-,19+,21-,22+,23+,24-,25+,26+,27+,28+/m1/s1. The van der Waals surface area contributed by atoms with Gasteiger partial charge in [-0.2, -0.15) is 0 Å². The van der Waals surface area contributed by atoms with Crippen molar-refractivity contribution in [2.24, 2.45) is 0 Å². The van der Waals surface area contributed by atoms with Crippen LogP contribution in [0.5, 0.6) is 23.0 Å². The van der Waals surface area contributed by atoms with Crippen molar-refractivity contribution < 1.29 is 69.0 Å². The van der Waals surface area contributed by atoms with Gasteiger partial charge in [-0.15, -0.1) is 0 Å². The van der Waals surface area contributed by atoms with Crippen LogP contribution in [0, 0.1) is 0 Å². The van der Waals surface area contributed by atoms with Gasteiger partial charge in [0.2, 0.25) is 6.29 Å². The molecule has 0 spiro atoms. The number of phenolic OH excluding ortho intramolecular Hbond substituents is 1. The Bertz CT molecular complexity index is 1250. The lowest BCUT2D eigenvalue weighted by Crippen LogP contribution is -2.61. The second-order valence-corrected chi connectivity index (χ2v) is 10.5. The number of rotatable bonds is 7. The zero-order valence-electron chi connectivity index (χ0n) is 22.7. The van der Waals surface area contributed by atoms with E-state index < -0.39 is 79.9 Å². The van der Waals surface area contributed by atoms with E-state index in [9.17, 15) is 40.5 Å². The third kappa shape index (κ3) is 5.90. The molecule has 5 rings (SSSR count). The molecule has 2 aromatic carbocycles. The van der Waals surface area contributed by atoms with E-state index >= 15 is 0 Å². The van der Waals surface area contributed by atoms with Gasteiger partial charge in [0.1, 0.15) is 77.4 Å². The fourth-order valence-corrected chi connectivity index (χ4v) is 5.11. The molecule has 0 aliphatic carbocycles. The van der Waals surface area contributed by atoms with Gasteiger partial charge in [0.05, 0.1) is 26.2 Å². The number of carbonyl (C=O) groups excluding carboxylic acids is 1. The van der Waals surface area contributed by atoms with Gasteiger partial charge >= 0.3 is 0 Å². The Morgan fingerprint density at radius 3 is 2.19 bits per heavy atom. The largest absolute Gasteiger partial charge is 0.507 e. The summed E-state index contributed by atoms with van der Waals surface area (Å²) < 4.78 is 33.4. The summed E-state index contributed by atoms with van der Waals surface area (Å²) in [5.41, 5.74) is 0.668. The van der Waals surface area contributed by atoms with Crippen LogP contribution in [-0.4, -0.2) is 117 Å². The molecule has 0 bridgehead atoms. The highest BCUT2D eigenvalue weighted by molar-refractivity contribution is 6.02. The van der Waals surface area contributed by atoms with E-state index in [2.05, 4.69) is 0 Å². The summed E-state index contributed by atoms with van der Waals surface area (Å²) in [5, 5.41) is 72.1. The molecular formula is C28H34O14. The van der Waals surface area contributed by atoms with Crippen molar-refractivity contribution in [3.8, 4) is 23.0 Å². The molecule has 3 aliphatic heterocycles. The highest BCUT2D eigenvalue weighted by Gasteiger charge is 2.47. The van der Waals surface area contributed by atoms with Crippen LogP contribution in [0.2, 0.25) is 0 Å². The van der Waals surface area contributed by atoms with E-state index in [1.54, 1.807) is 24.3 Å². The number of aromatic hydroxyl groups is 1. The fourth-order valence-electron chi connectivity index (χ4n) is 5.11. The molecule has 230 valence electrons. The molecule has 3 aliphatic rings. The number of hydrogen-bond acceptors (Lipinski definition) is 14. The minimum Gasteiger partial charge on any atom is -0.507 e. The van der Waals surface area contributed by atoms with E-state index in [1.165, 1.54) is 20.1 Å². The normalized spacial score (nSPS) is 36.6. The summed E-state index contributed by atoms with van der Waals surface area (Å²) in [4.78, 5) is 12.9. The third-order valence-electron chi connectivity index (χ3n) is 7.62. The Kier molecular flexibility index (Phi) is 8.89. The first-order valence-corrected chi connectivity index (χ1v) is 13.4. The molecule has 2 saturated heterocycles. The first-order chi connectivity index (χ1) is 20.0. The van der Waals surface area contributed by atoms with Crippen molar-refractivity contribution in [2.45, 2.75) is 80.9 Å². The van der Waals surface area contributed by atoms with Crippen molar-refractivity contribution in [3.05, 3.63) is 47.5 Å². The highest BCUT2D eigenvalue weighted by atomic mass is 16.7. The van der Waals surface area contributed by atoms with Crippen LogP contribution in [0.3, 0.4) is 0 Å². The molecule has 14 heteroatoms. The monoisotopic (exact) mass is 594 g/mol. The Hall–Kier alpha value is -3.05. The van der Waals surface area contributed by atoms with Gasteiger partial charge < -0.3 is 64.2 Å². The molecule has 0 amide bonds. The Balaban J connectivity index is 1.29. The smallest absolute Gasteiger partial charge is 0.229 e. The zero-order valence-corrected chi connectivity index (χ0v) is 22.7. The van der Waals surface area contributed by atoms with E-state index in [1.807, 2.05) is 0 Å². The lowest BCUT2D eigenvalue weighted by atomic mass is 9.95. The predicted octanol–water partition coefficient (Wildman–Crippen LogP) is -0.862. The molecular weight excluding hydrogens is 560 g/mol. The maximum absolute atomic E-state index is 12.9. The van der Waals surface area contributed by atoms with E-state index in [0.717, 1.165) is 6.07 Å². The molecule has 11 atom stereocenters. The van der Waals surface area contributed by atoms with Crippen LogP contribution >= 0.6 is 0 Å². The number of fused-ring (bicyclic) bond motifs is 1. The van der Waals surface area contributed by atoms with Crippen LogP contribution in [0.15, 0.2) is 36.4 Å². The number of ether oxygens (including phenoxy) is 6. The van der Waals surface area contributed by atoms with Crippen LogP contribution in [0.4, 0.5) is 0 Å². The van der Waals surface area contributed by atoms with Gasteiger partial charge in [-0.05, 0) is 24.6 Å². The van der Waals surface area contributed by atoms with Gasteiger partial charge in [-0.3, -0.25) is 4.79 Å². The Morgan fingerprint density at radius 2 is 1.50 bits per heavy atom. The van der Waals surface area contributed by atoms with Gasteiger partial charge in [-0.1, -0.05) is 12.1 Å². The maximum Gasteiger partial charge on any atom is 0.229 e. The maximum atomic E-state index is 12.9. The van der Waals surface area contributed by atoms with Gasteiger partial charge in [0.15, 0.2) is 12.1 Å². The van der Waals surface area contributed by atoms with Gasteiger partial charge in [0, 0.05) is 12.1 Å². The number of hydrogen-bond donors (Lipinski definition) is 7. The molecule has 3 heterocycles. The van der Waals surface area contributed by atoms with Crippen molar-refractivity contribution in [1.82, 2.24) is 0 Å². The lowest BCUT2D eigenvalue weighted by molar-refractivity contribution is -0.318. The van der Waals surface area contributed by atoms with E-state index in [4.69, 9.17) is 28.4 Å². The lowest BCUT2D eigenvalue weighted by Gasteiger charge is -2.42. The molecule has 2 fully saturated rings. The molecule has 7 N–H and O–H groups in total. The molecule has 14 nitrogen and oxygen atoms in total. The summed E-state index contributed by atoms with van der Waals surface area (Å²) in [6, 6.07) is 9.43. The van der Waals surface area contributed by atoms with Crippen LogP contribution in [0.25, 0.3) is 0 Å². The average Bonchev–Trinajstić information content (AvgIpc) is 2.97. The first-order valence-electron chi connectivity index (χ1n) is 13.4. The fraction of sp³-hybridized carbons (Fsp3) is 0.536. The van der Waals surface area contributed by atoms with Crippen molar-refractivity contribution in [3.63, 3.8) is 0 Å². The number of aliphatic hydroxyl groups is 6. The highest BCUT2D eigenvalue weighted by Crippen LogP contribution is 2.42.